The minimum atomic E-state index is -0.254. The van der Waals surface area contributed by atoms with Crippen LogP contribution in [0.3, 0.4) is 0 Å². The molecule has 0 atom stereocenters. The molecule has 0 saturated carbocycles. The van der Waals surface area contributed by atoms with Crippen LogP contribution >= 0.6 is 0 Å². The highest BCUT2D eigenvalue weighted by molar-refractivity contribution is 5.34. The van der Waals surface area contributed by atoms with Crippen molar-refractivity contribution in [2.45, 2.75) is 0 Å². The van der Waals surface area contributed by atoms with E-state index in [1.165, 1.54) is 12.1 Å². The van der Waals surface area contributed by atoms with E-state index in [9.17, 15) is 4.39 Å². The molecule has 3 rings (SSSR count). The summed E-state index contributed by atoms with van der Waals surface area (Å²) in [5.41, 5.74) is 5.54. The molecule has 1 aliphatic heterocycles. The van der Waals surface area contributed by atoms with Gasteiger partial charge in [-0.1, -0.05) is 0 Å². The number of nitrogens with two attached hydrogens (primary N) is 1. The number of hydrogen-bond donors (Lipinski definition) is 2. The Kier molecular flexibility index (Phi) is 4.38. The zero-order chi connectivity index (χ0) is 15.4. The predicted molar refractivity (Wildman–Crippen MR) is 81.3 cm³/mol. The first kappa shape index (κ1) is 14.6. The Morgan fingerprint density at radius 1 is 1.18 bits per heavy atom. The lowest BCUT2D eigenvalue weighted by atomic mass is 10.3. The SMILES string of the molecule is Nc1nc(N2CCN(CCOc3ccc(F)cc3)CC2)n[nH]1. The van der Waals surface area contributed by atoms with Gasteiger partial charge in [0, 0.05) is 32.7 Å². The zero-order valence-electron chi connectivity index (χ0n) is 12.2. The molecule has 0 bridgehead atoms. The standard InChI is InChI=1S/C14H19FN6O/c15-11-1-3-12(4-2-11)22-10-9-20-5-7-21(8-6-20)14-17-13(16)18-19-14/h1-4H,5-10H2,(H3,16,17,18,19). The van der Waals surface area contributed by atoms with Gasteiger partial charge < -0.3 is 15.4 Å². The number of H-pyrrole nitrogens is 1. The monoisotopic (exact) mass is 306 g/mol. The first-order valence-electron chi connectivity index (χ1n) is 7.24. The molecule has 2 heterocycles. The molecule has 7 nitrogen and oxygen atoms in total. The number of halogens is 1. The van der Waals surface area contributed by atoms with E-state index in [0.29, 0.717) is 24.3 Å². The summed E-state index contributed by atoms with van der Waals surface area (Å²) in [6.45, 7) is 4.96. The van der Waals surface area contributed by atoms with E-state index in [4.69, 9.17) is 10.5 Å². The van der Waals surface area contributed by atoms with Gasteiger partial charge in [0.05, 0.1) is 0 Å². The van der Waals surface area contributed by atoms with Crippen LogP contribution in [0.15, 0.2) is 24.3 Å². The average Bonchev–Trinajstić information content (AvgIpc) is 2.97. The number of aromatic nitrogens is 3. The second-order valence-corrected chi connectivity index (χ2v) is 5.15. The summed E-state index contributed by atoms with van der Waals surface area (Å²) in [4.78, 5) is 8.55. The minimum absolute atomic E-state index is 0.254. The van der Waals surface area contributed by atoms with Gasteiger partial charge in [0.15, 0.2) is 0 Å². The molecule has 1 saturated heterocycles. The smallest absolute Gasteiger partial charge is 0.246 e. The van der Waals surface area contributed by atoms with Crippen LogP contribution in [0, 0.1) is 5.82 Å². The van der Waals surface area contributed by atoms with Gasteiger partial charge in [-0.2, -0.15) is 4.98 Å². The number of nitrogens with zero attached hydrogens (tertiary/aromatic N) is 4. The maximum atomic E-state index is 12.8. The van der Waals surface area contributed by atoms with Crippen LogP contribution in [0.1, 0.15) is 0 Å². The van der Waals surface area contributed by atoms with E-state index in [1.807, 2.05) is 0 Å². The van der Waals surface area contributed by atoms with Crippen molar-refractivity contribution >= 4 is 11.9 Å². The summed E-state index contributed by atoms with van der Waals surface area (Å²) < 4.78 is 18.4. The van der Waals surface area contributed by atoms with Gasteiger partial charge in [-0.25, -0.2) is 9.49 Å². The van der Waals surface area contributed by atoms with Crippen molar-refractivity contribution in [1.82, 2.24) is 20.1 Å². The summed E-state index contributed by atoms with van der Waals surface area (Å²) in [6.07, 6.45) is 0. The first-order chi connectivity index (χ1) is 10.7. The number of anilines is 2. The summed E-state index contributed by atoms with van der Waals surface area (Å²) in [6, 6.07) is 6.08. The van der Waals surface area contributed by atoms with Crippen molar-refractivity contribution in [1.29, 1.82) is 0 Å². The highest BCUT2D eigenvalue weighted by atomic mass is 19.1. The molecule has 3 N–H and O–H groups in total. The van der Waals surface area contributed by atoms with Crippen molar-refractivity contribution in [3.8, 4) is 5.75 Å². The highest BCUT2D eigenvalue weighted by Gasteiger charge is 2.19. The topological polar surface area (TPSA) is 83.3 Å². The lowest BCUT2D eigenvalue weighted by Crippen LogP contribution is -2.47. The van der Waals surface area contributed by atoms with Crippen molar-refractivity contribution in [3.05, 3.63) is 30.1 Å². The molecule has 22 heavy (non-hydrogen) atoms. The van der Waals surface area contributed by atoms with Crippen LogP contribution in [-0.4, -0.2) is 59.4 Å². The van der Waals surface area contributed by atoms with Gasteiger partial charge in [-0.05, 0) is 24.3 Å². The van der Waals surface area contributed by atoms with Gasteiger partial charge in [0.2, 0.25) is 11.9 Å². The predicted octanol–water partition coefficient (Wildman–Crippen LogP) is 0.727. The molecule has 0 aliphatic carbocycles. The second-order valence-electron chi connectivity index (χ2n) is 5.15. The van der Waals surface area contributed by atoms with Crippen LogP contribution in [0.2, 0.25) is 0 Å². The van der Waals surface area contributed by atoms with E-state index in [2.05, 4.69) is 25.0 Å². The Hall–Kier alpha value is -2.35. The van der Waals surface area contributed by atoms with Crippen molar-refractivity contribution in [2.75, 3.05) is 50.0 Å². The molecule has 0 amide bonds. The fraction of sp³-hybridized carbons (Fsp3) is 0.429. The number of benzene rings is 1. The summed E-state index contributed by atoms with van der Waals surface area (Å²) in [5.74, 6) is 1.43. The molecule has 0 unspecified atom stereocenters. The summed E-state index contributed by atoms with van der Waals surface area (Å²) in [7, 11) is 0. The summed E-state index contributed by atoms with van der Waals surface area (Å²) >= 11 is 0. The molecular weight excluding hydrogens is 287 g/mol. The van der Waals surface area contributed by atoms with Crippen LogP contribution in [0.5, 0.6) is 5.75 Å². The molecule has 2 aromatic rings. The van der Waals surface area contributed by atoms with E-state index >= 15 is 0 Å². The lowest BCUT2D eigenvalue weighted by Gasteiger charge is -2.33. The van der Waals surface area contributed by atoms with E-state index in [0.717, 1.165) is 32.7 Å². The molecule has 118 valence electrons. The fourth-order valence-electron chi connectivity index (χ4n) is 2.40. The largest absolute Gasteiger partial charge is 0.492 e. The van der Waals surface area contributed by atoms with Crippen LogP contribution in [-0.2, 0) is 0 Å². The third-order valence-electron chi connectivity index (χ3n) is 3.64. The molecule has 1 aromatic carbocycles. The molecule has 1 aromatic heterocycles. The second kappa shape index (κ2) is 6.61. The number of ether oxygens (including phenoxy) is 1. The third-order valence-corrected chi connectivity index (χ3v) is 3.64. The number of aromatic amines is 1. The average molecular weight is 306 g/mol. The van der Waals surface area contributed by atoms with Gasteiger partial charge >= 0.3 is 0 Å². The molecule has 1 aliphatic rings. The Morgan fingerprint density at radius 3 is 2.55 bits per heavy atom. The maximum Gasteiger partial charge on any atom is 0.246 e. The van der Waals surface area contributed by atoms with Crippen LogP contribution < -0.4 is 15.4 Å². The summed E-state index contributed by atoms with van der Waals surface area (Å²) in [5, 5.41) is 6.71. The minimum Gasteiger partial charge on any atom is -0.492 e. The zero-order valence-corrected chi connectivity index (χ0v) is 12.2. The number of hydrogen-bond acceptors (Lipinski definition) is 6. The van der Waals surface area contributed by atoms with Gasteiger partial charge in [-0.15, -0.1) is 5.10 Å². The Morgan fingerprint density at radius 2 is 1.91 bits per heavy atom. The molecule has 0 radical (unpaired) electrons. The van der Waals surface area contributed by atoms with Crippen LogP contribution in [0.4, 0.5) is 16.3 Å². The van der Waals surface area contributed by atoms with Crippen molar-refractivity contribution in [3.63, 3.8) is 0 Å². The molecule has 0 spiro atoms. The first-order valence-corrected chi connectivity index (χ1v) is 7.24. The quantitative estimate of drug-likeness (QED) is 0.847. The molecule has 8 heteroatoms. The number of nitrogens with one attached hydrogen (secondary N) is 1. The van der Waals surface area contributed by atoms with Gasteiger partial charge in [0.25, 0.3) is 0 Å². The normalized spacial score (nSPS) is 16.0. The van der Waals surface area contributed by atoms with E-state index in [1.54, 1.807) is 12.1 Å². The maximum absolute atomic E-state index is 12.8. The van der Waals surface area contributed by atoms with E-state index < -0.39 is 0 Å². The van der Waals surface area contributed by atoms with Gasteiger partial charge in [-0.3, -0.25) is 4.90 Å². The van der Waals surface area contributed by atoms with Crippen molar-refractivity contribution < 1.29 is 9.13 Å². The highest BCUT2D eigenvalue weighted by Crippen LogP contribution is 2.13. The number of rotatable bonds is 5. The lowest BCUT2D eigenvalue weighted by molar-refractivity contribution is 0.200. The van der Waals surface area contributed by atoms with Crippen molar-refractivity contribution in [2.24, 2.45) is 0 Å². The third kappa shape index (κ3) is 3.64. The van der Waals surface area contributed by atoms with Gasteiger partial charge in [0.1, 0.15) is 18.2 Å². The Balaban J connectivity index is 1.39. The molecular formula is C14H19FN6O. The van der Waals surface area contributed by atoms with E-state index in [-0.39, 0.29) is 5.82 Å². The Labute approximate surface area is 127 Å². The number of nitrogen functional groups attached to an aromatic ring is 1. The fourth-order valence-corrected chi connectivity index (χ4v) is 2.40. The number of piperazine rings is 1. The molecule has 1 fully saturated rings. The van der Waals surface area contributed by atoms with Crippen LogP contribution in [0.25, 0.3) is 0 Å². The Bertz CT molecular complexity index is 594.